The number of aliphatic hydroxyl groups excluding tert-OH is 1. The second kappa shape index (κ2) is 21.9. The van der Waals surface area contributed by atoms with Gasteiger partial charge in [-0.3, -0.25) is 0 Å². The van der Waals surface area contributed by atoms with Crippen LogP contribution in [-0.2, 0) is 13.1 Å². The van der Waals surface area contributed by atoms with E-state index in [1.165, 1.54) is 89.9 Å². The minimum Gasteiger partial charge on any atom is 0 e. The van der Waals surface area contributed by atoms with E-state index in [0.717, 1.165) is 114 Å². The number of nitrogens with one attached hydrogen (secondary N) is 1. The molecule has 12 atom stereocenters. The summed E-state index contributed by atoms with van der Waals surface area (Å²) in [4.78, 5) is 0. The minimum atomic E-state index is -0.0320. The number of nitrogens with zero attached hydrogens (tertiary/aromatic N) is 5. The molecular weight excluding hydrogens is 718 g/mol. The molecule has 51 heavy (non-hydrogen) atoms. The number of hydrogen-bond donors (Lipinski definition) is 2. The van der Waals surface area contributed by atoms with Crippen molar-refractivity contribution in [1.29, 1.82) is 0 Å². The second-order valence-corrected chi connectivity index (χ2v) is 19.9. The van der Waals surface area contributed by atoms with Gasteiger partial charge in [-0.2, -0.15) is 63.9 Å². The third kappa shape index (κ3) is 11.7. The van der Waals surface area contributed by atoms with E-state index >= 15 is 0 Å². The summed E-state index contributed by atoms with van der Waals surface area (Å²) in [7, 11) is 9.59. The van der Waals surface area contributed by atoms with Crippen LogP contribution < -0.4 is 5.32 Å². The van der Waals surface area contributed by atoms with E-state index in [2.05, 4.69) is 36.7 Å². The Kier molecular flexibility index (Phi) is 18.5. The molecule has 5 saturated carbocycles. The summed E-state index contributed by atoms with van der Waals surface area (Å²) in [6.07, 6.45) is 22.0. The average molecular weight is 800 g/mol. The fourth-order valence-electron chi connectivity index (χ4n) is 12.5. The van der Waals surface area contributed by atoms with Crippen LogP contribution in [0.2, 0.25) is 0 Å². The molecular formula is C41H81Cl2MnN6O-5. The van der Waals surface area contributed by atoms with Gasteiger partial charge in [0.25, 0.3) is 0 Å². The fraction of sp³-hybridized carbons (Fsp3) is 1.00. The monoisotopic (exact) mass is 799 g/mol. The van der Waals surface area contributed by atoms with Crippen LogP contribution in [0.15, 0.2) is 0 Å². The Hall–Kier alpha value is 0.819. The summed E-state index contributed by atoms with van der Waals surface area (Å²) in [5.74, 6) is 5.31. The molecule has 6 rings (SSSR count). The summed E-state index contributed by atoms with van der Waals surface area (Å²) in [5, 5.41) is 38.8. The average Bonchev–Trinajstić information content (AvgIpc) is 3.48. The SMILES string of the molecule is C[C@H](CCCNCCC[C@H]1C[N-][C@@H]2CCCC[C@H]2[N-]CC[N-]CC[N-]CC[N-]1)[C@H]1CCC2[C@@H]3CC[C@@H]4C[C@H](O)CC[C@]4(C)C3CC[C@@]21C.[Cl][Mn][Cl].[HH].[HH].[HH].[HH]. The third-order valence-corrected chi connectivity index (χ3v) is 15.2. The van der Waals surface area contributed by atoms with Gasteiger partial charge in [-0.15, -0.1) is 0 Å². The van der Waals surface area contributed by atoms with Crippen LogP contribution in [0.25, 0.3) is 26.6 Å². The third-order valence-electron chi connectivity index (χ3n) is 15.2. The van der Waals surface area contributed by atoms with Crippen molar-refractivity contribution in [2.75, 3.05) is 58.9 Å². The number of hydrogen-bond acceptors (Lipinski definition) is 2. The summed E-state index contributed by atoms with van der Waals surface area (Å²) >= 11 is 0.00694. The van der Waals surface area contributed by atoms with E-state index in [1.807, 2.05) is 0 Å². The zero-order valence-corrected chi connectivity index (χ0v) is 35.2. The van der Waals surface area contributed by atoms with Gasteiger partial charge in [-0.25, -0.2) is 0 Å². The van der Waals surface area contributed by atoms with E-state index in [1.54, 1.807) is 0 Å². The predicted octanol–water partition coefficient (Wildman–Crippen LogP) is 11.7. The molecule has 5 aliphatic carbocycles. The van der Waals surface area contributed by atoms with E-state index in [4.69, 9.17) is 36.1 Å². The molecule has 0 aromatic carbocycles. The summed E-state index contributed by atoms with van der Waals surface area (Å²) in [5.41, 5.74) is 1.05. The second-order valence-electron chi connectivity index (χ2n) is 18.0. The van der Waals surface area contributed by atoms with Crippen LogP contribution in [-0.4, -0.2) is 88.2 Å². The maximum absolute atomic E-state index is 10.4. The molecule has 6 aliphatic rings. The normalized spacial score (nSPS) is 41.6. The van der Waals surface area contributed by atoms with Gasteiger partial charge in [0.2, 0.25) is 0 Å². The standard InChI is InChI=1S/C41H73N6O.2ClH.Mn.4H2/c1-30(35-14-15-36-34-13-12-31-28-33(48)16-18-40(31,2)37(34)17-19-41(35,36)3)8-6-20-42-21-7-9-32-29-47-39-11-5-4-10-38(39)46-27-25-44-23-22-43-24-26-45-32;;;;;;;/h30-39,42,48H,4-29H2,1-3H3;2*1H;;4*1H/q-5;;;+2;;;;/p-2/t30-,31-,32+,33-,34+,35-,36?,37?,38-,39-,40+,41-;;;;;;;/m1......./s1. The Labute approximate surface area is 334 Å². The molecule has 2 N–H and O–H groups in total. The van der Waals surface area contributed by atoms with E-state index in [0.29, 0.717) is 29.0 Å². The molecule has 1 saturated heterocycles. The smallest absolute Gasteiger partial charge is 0 e. The number of rotatable bonds is 9. The fourth-order valence-corrected chi connectivity index (χ4v) is 12.5. The van der Waals surface area contributed by atoms with Crippen LogP contribution in [0.4, 0.5) is 0 Å². The molecule has 0 radical (unpaired) electrons. The van der Waals surface area contributed by atoms with E-state index in [-0.39, 0.29) is 24.9 Å². The molecule has 0 bridgehead atoms. The minimum absolute atomic E-state index is 0. The van der Waals surface area contributed by atoms with Gasteiger partial charge in [-0.1, -0.05) is 52.9 Å². The zero-order valence-electron chi connectivity index (χ0n) is 32.5. The van der Waals surface area contributed by atoms with Gasteiger partial charge in [0.1, 0.15) is 0 Å². The number of fused-ring (bicyclic) bond motifs is 6. The van der Waals surface area contributed by atoms with Gasteiger partial charge >= 0.3 is 33.3 Å². The Balaban J connectivity index is 0.00000209. The first-order valence-corrected chi connectivity index (χ1v) is 24.6. The van der Waals surface area contributed by atoms with Gasteiger partial charge < -0.3 is 37.0 Å². The molecule has 7 nitrogen and oxygen atoms in total. The molecule has 10 heteroatoms. The molecule has 6 fully saturated rings. The first-order chi connectivity index (χ1) is 24.8. The van der Waals surface area contributed by atoms with Gasteiger partial charge in [0.15, 0.2) is 0 Å². The molecule has 2 unspecified atom stereocenters. The van der Waals surface area contributed by atoms with Crippen molar-refractivity contribution >= 4 is 20.2 Å². The van der Waals surface area contributed by atoms with Crippen molar-refractivity contribution in [2.24, 2.45) is 46.3 Å². The summed E-state index contributed by atoms with van der Waals surface area (Å²) < 4.78 is 0. The molecule has 1 heterocycles. The van der Waals surface area contributed by atoms with Gasteiger partial charge in [0.05, 0.1) is 6.10 Å². The van der Waals surface area contributed by atoms with Crippen LogP contribution in [0.3, 0.4) is 0 Å². The maximum atomic E-state index is 10.4. The molecule has 307 valence electrons. The van der Waals surface area contributed by atoms with Crippen molar-refractivity contribution in [2.45, 2.75) is 154 Å². The molecule has 1 aliphatic heterocycles. The largest absolute Gasteiger partial charge is 0 e. The zero-order chi connectivity index (χ0) is 36.1. The molecule has 0 spiro atoms. The van der Waals surface area contributed by atoms with Gasteiger partial charge in [0, 0.05) is 5.71 Å². The maximum Gasteiger partial charge on any atom is 0 e. The Morgan fingerprint density at radius 2 is 1.41 bits per heavy atom. The van der Waals surface area contributed by atoms with Crippen LogP contribution >= 0.6 is 20.2 Å². The van der Waals surface area contributed by atoms with Crippen molar-refractivity contribution < 1.29 is 23.9 Å². The predicted molar refractivity (Wildman–Crippen MR) is 223 cm³/mol. The molecule has 0 aromatic heterocycles. The first kappa shape index (κ1) is 43.0. The Morgan fingerprint density at radius 3 is 2.18 bits per heavy atom. The van der Waals surface area contributed by atoms with Crippen molar-refractivity contribution in [3.63, 3.8) is 0 Å². The molecule has 0 amide bonds. The van der Waals surface area contributed by atoms with Crippen molar-refractivity contribution in [3.8, 4) is 0 Å². The summed E-state index contributed by atoms with van der Waals surface area (Å²) in [6.45, 7) is 16.1. The summed E-state index contributed by atoms with van der Waals surface area (Å²) in [6, 6.07) is 1.12. The topological polar surface area (TPSA) is 103 Å². The van der Waals surface area contributed by atoms with Crippen LogP contribution in [0, 0.1) is 46.3 Å². The molecule has 0 aromatic rings. The van der Waals surface area contributed by atoms with Crippen molar-refractivity contribution in [1.82, 2.24) is 5.32 Å². The van der Waals surface area contributed by atoms with Crippen LogP contribution in [0.5, 0.6) is 0 Å². The quantitative estimate of drug-likeness (QED) is 0.179. The van der Waals surface area contributed by atoms with Gasteiger partial charge in [-0.05, 0) is 136 Å². The Bertz CT molecular complexity index is 1010. The van der Waals surface area contributed by atoms with E-state index < -0.39 is 0 Å². The first-order valence-electron chi connectivity index (χ1n) is 21.3. The van der Waals surface area contributed by atoms with Crippen molar-refractivity contribution in [3.05, 3.63) is 26.6 Å². The van der Waals surface area contributed by atoms with E-state index in [9.17, 15) is 5.11 Å². The number of halogens is 2. The van der Waals surface area contributed by atoms with Crippen LogP contribution in [0.1, 0.15) is 136 Å². The Morgan fingerprint density at radius 1 is 0.765 bits per heavy atom. The number of aliphatic hydroxyl groups is 1.